The first kappa shape index (κ1) is 17.0. The number of methoxy groups -OCH3 is 1. The Balaban J connectivity index is 1.69. The van der Waals surface area contributed by atoms with Gasteiger partial charge in [0, 0.05) is 18.7 Å². The molecule has 1 aliphatic heterocycles. The largest absolute Gasteiger partial charge is 0.493 e. The lowest BCUT2D eigenvalue weighted by Gasteiger charge is -2.11. The van der Waals surface area contributed by atoms with Crippen molar-refractivity contribution in [2.45, 2.75) is 6.42 Å². The van der Waals surface area contributed by atoms with Gasteiger partial charge in [0.05, 0.1) is 24.6 Å². The molecule has 1 amide bonds. The summed E-state index contributed by atoms with van der Waals surface area (Å²) in [5.41, 5.74) is 3.63. The summed E-state index contributed by atoms with van der Waals surface area (Å²) < 4.78 is 18.4. The quantitative estimate of drug-likeness (QED) is 0.746. The van der Waals surface area contributed by atoms with Crippen LogP contribution < -0.4 is 10.1 Å². The van der Waals surface area contributed by atoms with Gasteiger partial charge >= 0.3 is 0 Å². The number of hydrogen-bond donors (Lipinski definition) is 2. The highest BCUT2D eigenvalue weighted by Gasteiger charge is 2.22. The molecule has 7 heteroatoms. The molecule has 0 radical (unpaired) electrons. The van der Waals surface area contributed by atoms with Crippen LogP contribution in [0.15, 0.2) is 36.5 Å². The Morgan fingerprint density at radius 3 is 2.78 bits per heavy atom. The molecule has 6 nitrogen and oxygen atoms in total. The second kappa shape index (κ2) is 7.03. The molecule has 0 bridgehead atoms. The number of amides is 1. The van der Waals surface area contributed by atoms with Crippen LogP contribution in [-0.2, 0) is 6.42 Å². The zero-order valence-corrected chi connectivity index (χ0v) is 14.6. The Morgan fingerprint density at radius 1 is 1.22 bits per heavy atom. The van der Waals surface area contributed by atoms with Crippen LogP contribution in [0, 0.1) is 5.82 Å². The minimum absolute atomic E-state index is 0.0943. The van der Waals surface area contributed by atoms with Crippen molar-refractivity contribution in [2.24, 2.45) is 0 Å². The Bertz CT molecular complexity index is 1020. The molecule has 4 rings (SSSR count). The summed E-state index contributed by atoms with van der Waals surface area (Å²) in [5, 5.41) is 2.82. The van der Waals surface area contributed by atoms with Gasteiger partial charge in [-0.3, -0.25) is 4.79 Å². The monoisotopic (exact) mass is 364 g/mol. The third-order valence-electron chi connectivity index (χ3n) is 4.35. The highest BCUT2D eigenvalue weighted by Crippen LogP contribution is 2.29. The molecule has 3 heterocycles. The number of benzene rings is 1. The maximum atomic E-state index is 13.0. The normalized spacial score (nSPS) is 13.5. The fourth-order valence-corrected chi connectivity index (χ4v) is 2.97. The lowest BCUT2D eigenvalue weighted by Crippen LogP contribution is -2.31. The van der Waals surface area contributed by atoms with Crippen LogP contribution in [0.5, 0.6) is 5.75 Å². The van der Waals surface area contributed by atoms with Gasteiger partial charge in [0.2, 0.25) is 0 Å². The van der Waals surface area contributed by atoms with Crippen molar-refractivity contribution in [1.82, 2.24) is 20.3 Å². The molecule has 0 atom stereocenters. The lowest BCUT2D eigenvalue weighted by atomic mass is 10.1. The van der Waals surface area contributed by atoms with E-state index in [9.17, 15) is 9.18 Å². The summed E-state index contributed by atoms with van der Waals surface area (Å²) in [4.78, 5) is 24.1. The topological polar surface area (TPSA) is 79.9 Å². The zero-order valence-electron chi connectivity index (χ0n) is 14.6. The highest BCUT2D eigenvalue weighted by atomic mass is 19.1. The maximum absolute atomic E-state index is 13.0. The minimum Gasteiger partial charge on any atom is -0.493 e. The van der Waals surface area contributed by atoms with E-state index in [4.69, 9.17) is 4.74 Å². The molecule has 1 aliphatic rings. The zero-order chi connectivity index (χ0) is 18.8. The number of nitrogens with zero attached hydrogens (tertiary/aromatic N) is 2. The SMILES string of the molecule is COc1cnc(/C=C/c2ccc(F)cc2)nc1-c1cc2c([nH]1)CCNC2=O. The number of ether oxygens (including phenoxy) is 1. The van der Waals surface area contributed by atoms with E-state index >= 15 is 0 Å². The van der Waals surface area contributed by atoms with E-state index < -0.39 is 0 Å². The number of aromatic nitrogens is 3. The van der Waals surface area contributed by atoms with Crippen LogP contribution in [0.1, 0.15) is 27.4 Å². The van der Waals surface area contributed by atoms with Gasteiger partial charge in [0.1, 0.15) is 11.5 Å². The van der Waals surface area contributed by atoms with Crippen LogP contribution in [0.2, 0.25) is 0 Å². The number of carbonyl (C=O) groups is 1. The van der Waals surface area contributed by atoms with E-state index in [0.717, 1.165) is 17.7 Å². The molecular weight excluding hydrogens is 347 g/mol. The molecule has 136 valence electrons. The van der Waals surface area contributed by atoms with Crippen LogP contribution in [-0.4, -0.2) is 34.5 Å². The first-order chi connectivity index (χ1) is 13.1. The Hall–Kier alpha value is -3.48. The van der Waals surface area contributed by atoms with Gasteiger partial charge in [-0.25, -0.2) is 14.4 Å². The standard InChI is InChI=1S/C20H17FN4O2/c1-27-17-11-23-18(7-4-12-2-5-13(21)6-3-12)25-19(17)16-10-14-15(24-16)8-9-22-20(14)26/h2-7,10-11,24H,8-9H2,1H3,(H,22,26)/b7-4+. The van der Waals surface area contributed by atoms with Crippen LogP contribution >= 0.6 is 0 Å². The number of nitrogens with one attached hydrogen (secondary N) is 2. The molecule has 0 saturated carbocycles. The van der Waals surface area contributed by atoms with Crippen LogP contribution in [0.3, 0.4) is 0 Å². The van der Waals surface area contributed by atoms with Crippen molar-refractivity contribution < 1.29 is 13.9 Å². The summed E-state index contributed by atoms with van der Waals surface area (Å²) in [6.45, 7) is 0.609. The van der Waals surface area contributed by atoms with Gasteiger partial charge in [-0.2, -0.15) is 0 Å². The van der Waals surface area contributed by atoms with Crippen molar-refractivity contribution >= 4 is 18.1 Å². The average Bonchev–Trinajstić information content (AvgIpc) is 3.13. The summed E-state index contributed by atoms with van der Waals surface area (Å²) in [6, 6.07) is 7.92. The average molecular weight is 364 g/mol. The van der Waals surface area contributed by atoms with Crippen molar-refractivity contribution in [1.29, 1.82) is 0 Å². The van der Waals surface area contributed by atoms with Gasteiger partial charge in [-0.1, -0.05) is 18.2 Å². The van der Waals surface area contributed by atoms with E-state index in [1.165, 1.54) is 12.1 Å². The fraction of sp³-hybridized carbons (Fsp3) is 0.150. The number of hydrogen-bond acceptors (Lipinski definition) is 4. The minimum atomic E-state index is -0.283. The molecule has 0 saturated heterocycles. The number of rotatable bonds is 4. The molecule has 0 aliphatic carbocycles. The fourth-order valence-electron chi connectivity index (χ4n) is 2.97. The Kier molecular flexibility index (Phi) is 4.42. The van der Waals surface area contributed by atoms with E-state index in [2.05, 4.69) is 20.3 Å². The van der Waals surface area contributed by atoms with Gasteiger partial charge in [-0.15, -0.1) is 0 Å². The molecule has 0 spiro atoms. The molecule has 0 fully saturated rings. The first-order valence-electron chi connectivity index (χ1n) is 8.49. The van der Waals surface area contributed by atoms with Gasteiger partial charge in [0.25, 0.3) is 5.91 Å². The first-order valence-corrected chi connectivity index (χ1v) is 8.49. The third-order valence-corrected chi connectivity index (χ3v) is 4.35. The number of aromatic amines is 1. The van der Waals surface area contributed by atoms with Crippen LogP contribution in [0.25, 0.3) is 23.5 Å². The predicted molar refractivity (Wildman–Crippen MR) is 99.7 cm³/mol. The Morgan fingerprint density at radius 2 is 2.04 bits per heavy atom. The van der Waals surface area contributed by atoms with E-state index in [1.807, 2.05) is 0 Å². The highest BCUT2D eigenvalue weighted by molar-refractivity contribution is 5.97. The van der Waals surface area contributed by atoms with Gasteiger partial charge < -0.3 is 15.0 Å². The molecule has 2 N–H and O–H groups in total. The number of fused-ring (bicyclic) bond motifs is 1. The van der Waals surface area contributed by atoms with Gasteiger partial charge in [-0.05, 0) is 29.8 Å². The molecule has 2 aromatic heterocycles. The second-order valence-electron chi connectivity index (χ2n) is 6.11. The number of halogens is 1. The molecule has 27 heavy (non-hydrogen) atoms. The van der Waals surface area contributed by atoms with E-state index in [1.54, 1.807) is 43.7 Å². The van der Waals surface area contributed by atoms with Crippen molar-refractivity contribution in [3.05, 3.63) is 65.0 Å². The van der Waals surface area contributed by atoms with E-state index in [-0.39, 0.29) is 11.7 Å². The van der Waals surface area contributed by atoms with Gasteiger partial charge in [0.15, 0.2) is 11.6 Å². The van der Waals surface area contributed by atoms with Crippen LogP contribution in [0.4, 0.5) is 4.39 Å². The van der Waals surface area contributed by atoms with Crippen molar-refractivity contribution in [3.63, 3.8) is 0 Å². The Labute approximate surface area is 155 Å². The predicted octanol–water partition coefficient (Wildman–Crippen LogP) is 3.08. The summed E-state index contributed by atoms with van der Waals surface area (Å²) in [7, 11) is 1.55. The summed E-state index contributed by atoms with van der Waals surface area (Å²) >= 11 is 0. The molecular formula is C20H17FN4O2. The lowest BCUT2D eigenvalue weighted by molar-refractivity contribution is 0.0946. The number of H-pyrrole nitrogens is 1. The molecule has 1 aromatic carbocycles. The van der Waals surface area contributed by atoms with Crippen molar-refractivity contribution in [2.75, 3.05) is 13.7 Å². The summed E-state index contributed by atoms with van der Waals surface area (Å²) in [6.07, 6.45) is 5.88. The van der Waals surface area contributed by atoms with Crippen molar-refractivity contribution in [3.8, 4) is 17.1 Å². The second-order valence-corrected chi connectivity index (χ2v) is 6.11. The smallest absolute Gasteiger partial charge is 0.253 e. The maximum Gasteiger partial charge on any atom is 0.253 e. The third kappa shape index (κ3) is 3.44. The molecule has 0 unspecified atom stereocenters. The summed E-state index contributed by atoms with van der Waals surface area (Å²) in [5.74, 6) is 0.609. The number of carbonyl (C=O) groups excluding carboxylic acids is 1. The van der Waals surface area contributed by atoms with E-state index in [0.29, 0.717) is 35.1 Å². The molecule has 3 aromatic rings.